The molecule has 0 spiro atoms. The lowest BCUT2D eigenvalue weighted by molar-refractivity contribution is 0.601. The maximum Gasteiger partial charge on any atom is 0.263 e. The van der Waals surface area contributed by atoms with Gasteiger partial charge in [-0.2, -0.15) is 0 Å². The number of hydrogen-bond acceptors (Lipinski definition) is 3. The SMILES string of the molecule is Nc1ccc(Cl)cc1S(=O)(=O)Nc1ccccc1. The number of rotatable bonds is 3. The number of hydrogen-bond donors (Lipinski definition) is 2. The molecule has 0 aliphatic rings. The Hall–Kier alpha value is -1.72. The normalized spacial score (nSPS) is 11.2. The predicted octanol–water partition coefficient (Wildman–Crippen LogP) is 2.72. The van der Waals surface area contributed by atoms with E-state index in [0.29, 0.717) is 10.7 Å². The number of sulfonamides is 1. The summed E-state index contributed by atoms with van der Waals surface area (Å²) in [5.74, 6) is 0. The van der Waals surface area contributed by atoms with E-state index >= 15 is 0 Å². The topological polar surface area (TPSA) is 72.2 Å². The second-order valence-electron chi connectivity index (χ2n) is 3.65. The first-order valence-corrected chi connectivity index (χ1v) is 6.98. The fraction of sp³-hybridized carbons (Fsp3) is 0. The van der Waals surface area contributed by atoms with Crippen LogP contribution in [0.2, 0.25) is 5.02 Å². The highest BCUT2D eigenvalue weighted by atomic mass is 35.5. The molecule has 0 radical (unpaired) electrons. The molecule has 0 aliphatic heterocycles. The van der Waals surface area contributed by atoms with Crippen molar-refractivity contribution in [1.82, 2.24) is 0 Å². The number of nitrogens with one attached hydrogen (secondary N) is 1. The molecule has 0 saturated carbocycles. The average Bonchev–Trinajstić information content (AvgIpc) is 2.33. The van der Waals surface area contributed by atoms with Crippen LogP contribution in [0.1, 0.15) is 0 Å². The molecule has 3 N–H and O–H groups in total. The van der Waals surface area contributed by atoms with Crippen molar-refractivity contribution < 1.29 is 8.42 Å². The maximum absolute atomic E-state index is 12.1. The van der Waals surface area contributed by atoms with Gasteiger partial charge in [0.05, 0.1) is 5.69 Å². The monoisotopic (exact) mass is 282 g/mol. The summed E-state index contributed by atoms with van der Waals surface area (Å²) < 4.78 is 26.7. The van der Waals surface area contributed by atoms with Crippen LogP contribution in [0.25, 0.3) is 0 Å². The zero-order valence-electron chi connectivity index (χ0n) is 9.30. The van der Waals surface area contributed by atoms with Crippen molar-refractivity contribution in [3.8, 4) is 0 Å². The van der Waals surface area contributed by atoms with Gasteiger partial charge in [-0.3, -0.25) is 4.72 Å². The van der Waals surface area contributed by atoms with Gasteiger partial charge in [0.2, 0.25) is 0 Å². The smallest absolute Gasteiger partial charge is 0.263 e. The van der Waals surface area contributed by atoms with Crippen LogP contribution < -0.4 is 10.5 Å². The van der Waals surface area contributed by atoms with Crippen molar-refractivity contribution in [2.45, 2.75) is 4.90 Å². The van der Waals surface area contributed by atoms with Crippen molar-refractivity contribution >= 4 is 33.0 Å². The Morgan fingerprint density at radius 1 is 1.06 bits per heavy atom. The molecule has 0 aromatic heterocycles. The van der Waals surface area contributed by atoms with Crippen LogP contribution in [-0.4, -0.2) is 8.42 Å². The zero-order valence-corrected chi connectivity index (χ0v) is 10.9. The standard InChI is InChI=1S/C12H11ClN2O2S/c13-9-6-7-11(14)12(8-9)18(16,17)15-10-4-2-1-3-5-10/h1-8,15H,14H2. The summed E-state index contributed by atoms with van der Waals surface area (Å²) in [6.45, 7) is 0. The van der Waals surface area contributed by atoms with Gasteiger partial charge in [0.15, 0.2) is 0 Å². The number of anilines is 2. The highest BCUT2D eigenvalue weighted by Gasteiger charge is 2.17. The van der Waals surface area contributed by atoms with Crippen LogP contribution in [0.5, 0.6) is 0 Å². The van der Waals surface area contributed by atoms with Crippen molar-refractivity contribution in [3.05, 3.63) is 53.6 Å². The minimum atomic E-state index is -3.73. The molecule has 0 saturated heterocycles. The van der Waals surface area contributed by atoms with E-state index in [1.54, 1.807) is 36.4 Å². The molecule has 0 unspecified atom stereocenters. The molecule has 0 aliphatic carbocycles. The molecule has 2 aromatic rings. The fourth-order valence-electron chi connectivity index (χ4n) is 1.46. The Balaban J connectivity index is 2.40. The third kappa shape index (κ3) is 2.75. The number of nitrogen functional groups attached to an aromatic ring is 1. The van der Waals surface area contributed by atoms with E-state index in [9.17, 15) is 8.42 Å². The molecule has 2 rings (SSSR count). The molecule has 0 bridgehead atoms. The van der Waals surface area contributed by atoms with Crippen molar-refractivity contribution in [1.29, 1.82) is 0 Å². The van der Waals surface area contributed by atoms with E-state index in [0.717, 1.165) is 0 Å². The van der Waals surface area contributed by atoms with Gasteiger partial charge < -0.3 is 5.73 Å². The van der Waals surface area contributed by atoms with E-state index in [2.05, 4.69) is 4.72 Å². The number of para-hydroxylation sites is 1. The van der Waals surface area contributed by atoms with E-state index < -0.39 is 10.0 Å². The van der Waals surface area contributed by atoms with Crippen molar-refractivity contribution in [2.24, 2.45) is 0 Å². The Kier molecular flexibility index (Phi) is 3.45. The number of benzene rings is 2. The van der Waals surface area contributed by atoms with Crippen LogP contribution >= 0.6 is 11.6 Å². The van der Waals surface area contributed by atoms with E-state index in [4.69, 9.17) is 17.3 Å². The van der Waals surface area contributed by atoms with Gasteiger partial charge in [-0.25, -0.2) is 8.42 Å². The molecule has 0 fully saturated rings. The van der Waals surface area contributed by atoms with Crippen LogP contribution in [-0.2, 0) is 10.0 Å². The molecule has 18 heavy (non-hydrogen) atoms. The predicted molar refractivity (Wildman–Crippen MR) is 73.1 cm³/mol. The lowest BCUT2D eigenvalue weighted by Gasteiger charge is -2.10. The van der Waals surface area contributed by atoms with Gasteiger partial charge in [0.25, 0.3) is 10.0 Å². The Morgan fingerprint density at radius 2 is 1.72 bits per heavy atom. The number of halogens is 1. The van der Waals surface area contributed by atoms with Gasteiger partial charge in [0.1, 0.15) is 4.90 Å². The summed E-state index contributed by atoms with van der Waals surface area (Å²) in [6, 6.07) is 12.9. The highest BCUT2D eigenvalue weighted by Crippen LogP contribution is 2.24. The third-order valence-corrected chi connectivity index (χ3v) is 3.96. The Labute approximate surface area is 110 Å². The lowest BCUT2D eigenvalue weighted by Crippen LogP contribution is -2.14. The van der Waals surface area contributed by atoms with Crippen LogP contribution in [0.3, 0.4) is 0 Å². The van der Waals surface area contributed by atoms with E-state index in [1.807, 2.05) is 0 Å². The average molecular weight is 283 g/mol. The van der Waals surface area contributed by atoms with E-state index in [-0.39, 0.29) is 10.6 Å². The minimum Gasteiger partial charge on any atom is -0.398 e. The molecule has 6 heteroatoms. The van der Waals surface area contributed by atoms with E-state index in [1.165, 1.54) is 12.1 Å². The summed E-state index contributed by atoms with van der Waals surface area (Å²) in [7, 11) is -3.73. The summed E-state index contributed by atoms with van der Waals surface area (Å²) in [5, 5.41) is 0.317. The largest absolute Gasteiger partial charge is 0.398 e. The van der Waals surface area contributed by atoms with Crippen LogP contribution in [0.4, 0.5) is 11.4 Å². The van der Waals surface area contributed by atoms with Gasteiger partial charge in [-0.1, -0.05) is 29.8 Å². The molecular weight excluding hydrogens is 272 g/mol. The summed E-state index contributed by atoms with van der Waals surface area (Å²) in [5.41, 5.74) is 6.28. The molecule has 94 valence electrons. The number of nitrogens with two attached hydrogens (primary N) is 1. The fourth-order valence-corrected chi connectivity index (χ4v) is 2.91. The summed E-state index contributed by atoms with van der Waals surface area (Å²) >= 11 is 5.78. The molecule has 0 heterocycles. The molecule has 4 nitrogen and oxygen atoms in total. The van der Waals surface area contributed by atoms with Gasteiger partial charge in [-0.05, 0) is 30.3 Å². The molecule has 2 aromatic carbocycles. The van der Waals surface area contributed by atoms with Gasteiger partial charge in [0, 0.05) is 10.7 Å². The first-order chi connectivity index (χ1) is 8.49. The van der Waals surface area contributed by atoms with Crippen molar-refractivity contribution in [2.75, 3.05) is 10.5 Å². The van der Waals surface area contributed by atoms with Crippen LogP contribution in [0, 0.1) is 0 Å². The third-order valence-electron chi connectivity index (χ3n) is 2.29. The lowest BCUT2D eigenvalue weighted by atomic mass is 10.3. The van der Waals surface area contributed by atoms with Gasteiger partial charge >= 0.3 is 0 Å². The molecular formula is C12H11ClN2O2S. The molecule has 0 amide bonds. The maximum atomic E-state index is 12.1. The second kappa shape index (κ2) is 4.88. The quantitative estimate of drug-likeness (QED) is 0.850. The molecule has 0 atom stereocenters. The Morgan fingerprint density at radius 3 is 2.39 bits per heavy atom. The van der Waals surface area contributed by atoms with Gasteiger partial charge in [-0.15, -0.1) is 0 Å². The zero-order chi connectivity index (χ0) is 13.2. The minimum absolute atomic E-state index is 0.0288. The summed E-state index contributed by atoms with van der Waals surface area (Å²) in [4.78, 5) is -0.0288. The van der Waals surface area contributed by atoms with Crippen LogP contribution in [0.15, 0.2) is 53.4 Å². The van der Waals surface area contributed by atoms with Crippen molar-refractivity contribution in [3.63, 3.8) is 0 Å². The Bertz CT molecular complexity index is 657. The first kappa shape index (κ1) is 12.7. The summed E-state index contributed by atoms with van der Waals surface area (Å²) in [6.07, 6.45) is 0. The highest BCUT2D eigenvalue weighted by molar-refractivity contribution is 7.92. The second-order valence-corrected chi connectivity index (χ2v) is 5.74. The first-order valence-electron chi connectivity index (χ1n) is 5.12.